The van der Waals surface area contributed by atoms with E-state index in [1.165, 1.54) is 18.7 Å². The number of hydrogen-bond donors (Lipinski definition) is 0. The van der Waals surface area contributed by atoms with Crippen LogP contribution in [0, 0.1) is 0 Å². The molecule has 0 aliphatic carbocycles. The summed E-state index contributed by atoms with van der Waals surface area (Å²) in [4.78, 5) is 6.52. The molecule has 0 N–H and O–H groups in total. The van der Waals surface area contributed by atoms with Crippen molar-refractivity contribution in [3.05, 3.63) is 17.2 Å². The number of imidazole rings is 1. The average Bonchev–Trinajstić information content (AvgIpc) is 2.71. The Labute approximate surface area is 89.7 Å². The molecule has 2 rings (SSSR count). The van der Waals surface area contributed by atoms with E-state index in [1.54, 1.807) is 0 Å². The van der Waals surface area contributed by atoms with Gasteiger partial charge in [-0.2, -0.15) is 0 Å². The van der Waals surface area contributed by atoms with Crippen molar-refractivity contribution in [2.24, 2.45) is 0 Å². The molecule has 14 heavy (non-hydrogen) atoms. The van der Waals surface area contributed by atoms with E-state index >= 15 is 0 Å². The highest BCUT2D eigenvalue weighted by Gasteiger charge is 2.24. The van der Waals surface area contributed by atoms with Crippen molar-refractivity contribution in [2.75, 3.05) is 20.1 Å². The Bertz CT molecular complexity index is 321. The second-order valence-electron chi connectivity index (χ2n) is 3.94. The number of likely N-dealkylation sites (N-methyl/N-ethyl adjacent to an activating group) is 1. The van der Waals surface area contributed by atoms with Crippen LogP contribution in [0.4, 0.5) is 0 Å². The van der Waals surface area contributed by atoms with E-state index in [0.717, 1.165) is 13.1 Å². The SMILES string of the molecule is CCn1c(C2CCN(C)C2)cnc1Cl. The van der Waals surface area contributed by atoms with Gasteiger partial charge in [0.15, 0.2) is 0 Å². The van der Waals surface area contributed by atoms with Crippen molar-refractivity contribution in [3.63, 3.8) is 0 Å². The van der Waals surface area contributed by atoms with Crippen molar-refractivity contribution < 1.29 is 0 Å². The first-order valence-electron chi connectivity index (χ1n) is 5.11. The Kier molecular flexibility index (Phi) is 2.79. The van der Waals surface area contributed by atoms with Gasteiger partial charge in [0.25, 0.3) is 0 Å². The topological polar surface area (TPSA) is 21.1 Å². The molecule has 0 amide bonds. The van der Waals surface area contributed by atoms with Crippen LogP contribution in [0.1, 0.15) is 25.0 Å². The Hall–Kier alpha value is -0.540. The maximum absolute atomic E-state index is 6.00. The zero-order valence-electron chi connectivity index (χ0n) is 8.70. The largest absolute Gasteiger partial charge is 0.319 e. The fraction of sp³-hybridized carbons (Fsp3) is 0.700. The molecule has 1 saturated heterocycles. The molecule has 1 fully saturated rings. The predicted octanol–water partition coefficient (Wildman–Crippen LogP) is 1.98. The summed E-state index contributed by atoms with van der Waals surface area (Å²) in [5.74, 6) is 0.611. The predicted molar refractivity (Wildman–Crippen MR) is 57.8 cm³/mol. The molecule has 1 aliphatic rings. The molecule has 3 nitrogen and oxygen atoms in total. The van der Waals surface area contributed by atoms with Crippen LogP contribution in [0.15, 0.2) is 6.20 Å². The fourth-order valence-electron chi connectivity index (χ4n) is 2.18. The minimum absolute atomic E-state index is 0.611. The van der Waals surface area contributed by atoms with Gasteiger partial charge >= 0.3 is 0 Å². The van der Waals surface area contributed by atoms with E-state index in [2.05, 4.69) is 28.4 Å². The first-order chi connectivity index (χ1) is 6.72. The third kappa shape index (κ3) is 1.66. The number of aromatic nitrogens is 2. The van der Waals surface area contributed by atoms with E-state index in [4.69, 9.17) is 11.6 Å². The Morgan fingerprint density at radius 1 is 1.64 bits per heavy atom. The molecule has 0 radical (unpaired) electrons. The third-order valence-electron chi connectivity index (χ3n) is 2.96. The molecule has 0 spiro atoms. The van der Waals surface area contributed by atoms with Crippen molar-refractivity contribution >= 4 is 11.6 Å². The van der Waals surface area contributed by atoms with Gasteiger partial charge in [-0.15, -0.1) is 0 Å². The highest BCUT2D eigenvalue weighted by Crippen LogP contribution is 2.27. The summed E-state index contributed by atoms with van der Waals surface area (Å²) in [5, 5.41) is 0.622. The molecule has 0 bridgehead atoms. The quantitative estimate of drug-likeness (QED) is 0.749. The van der Waals surface area contributed by atoms with Crippen LogP contribution in [-0.4, -0.2) is 34.6 Å². The molecule has 0 aromatic carbocycles. The van der Waals surface area contributed by atoms with E-state index in [-0.39, 0.29) is 0 Å². The molecule has 78 valence electrons. The lowest BCUT2D eigenvalue weighted by molar-refractivity contribution is 0.409. The summed E-state index contributed by atoms with van der Waals surface area (Å²) in [6.07, 6.45) is 3.15. The van der Waals surface area contributed by atoms with Gasteiger partial charge in [-0.25, -0.2) is 4.98 Å². The summed E-state index contributed by atoms with van der Waals surface area (Å²) in [6.45, 7) is 5.32. The van der Waals surface area contributed by atoms with Gasteiger partial charge in [0.2, 0.25) is 5.28 Å². The van der Waals surface area contributed by atoms with Crippen LogP contribution >= 0.6 is 11.6 Å². The second-order valence-corrected chi connectivity index (χ2v) is 4.28. The van der Waals surface area contributed by atoms with Crippen LogP contribution in [-0.2, 0) is 6.54 Å². The summed E-state index contributed by atoms with van der Waals surface area (Å²) in [6, 6.07) is 0. The van der Waals surface area contributed by atoms with Gasteiger partial charge in [0, 0.05) is 24.7 Å². The lowest BCUT2D eigenvalue weighted by Crippen LogP contribution is -2.14. The lowest BCUT2D eigenvalue weighted by Gasteiger charge is -2.12. The molecular weight excluding hydrogens is 198 g/mol. The summed E-state index contributed by atoms with van der Waals surface area (Å²) in [5.41, 5.74) is 1.29. The van der Waals surface area contributed by atoms with Gasteiger partial charge in [-0.3, -0.25) is 0 Å². The molecule has 4 heteroatoms. The summed E-state index contributed by atoms with van der Waals surface area (Å²) >= 11 is 6.00. The zero-order valence-corrected chi connectivity index (χ0v) is 9.46. The van der Waals surface area contributed by atoms with Crippen LogP contribution in [0.5, 0.6) is 0 Å². The second kappa shape index (κ2) is 3.91. The Morgan fingerprint density at radius 2 is 2.43 bits per heavy atom. The van der Waals surface area contributed by atoms with E-state index in [0.29, 0.717) is 11.2 Å². The Morgan fingerprint density at radius 3 is 3.00 bits per heavy atom. The minimum atomic E-state index is 0.611. The van der Waals surface area contributed by atoms with E-state index < -0.39 is 0 Å². The van der Waals surface area contributed by atoms with Gasteiger partial charge in [0.1, 0.15) is 0 Å². The van der Waals surface area contributed by atoms with Crippen molar-refractivity contribution in [1.82, 2.24) is 14.5 Å². The van der Waals surface area contributed by atoms with Crippen molar-refractivity contribution in [1.29, 1.82) is 0 Å². The number of hydrogen-bond acceptors (Lipinski definition) is 2. The third-order valence-corrected chi connectivity index (χ3v) is 3.27. The average molecular weight is 214 g/mol. The van der Waals surface area contributed by atoms with Crippen molar-refractivity contribution in [3.8, 4) is 0 Å². The maximum Gasteiger partial charge on any atom is 0.202 e. The zero-order chi connectivity index (χ0) is 10.1. The Balaban J connectivity index is 2.23. The first-order valence-corrected chi connectivity index (χ1v) is 5.49. The molecule has 1 aromatic rings. The number of halogens is 1. The standard InChI is InChI=1S/C10H16ClN3/c1-3-14-9(6-12-10(14)11)8-4-5-13(2)7-8/h6,8H,3-5,7H2,1-2H3. The van der Waals surface area contributed by atoms with Gasteiger partial charge in [0.05, 0.1) is 6.20 Å². The minimum Gasteiger partial charge on any atom is -0.319 e. The summed E-state index contributed by atoms with van der Waals surface area (Å²) < 4.78 is 2.10. The molecule has 2 heterocycles. The van der Waals surface area contributed by atoms with E-state index in [1.807, 2.05) is 6.20 Å². The molecule has 0 saturated carbocycles. The molecule has 1 atom stereocenters. The molecule has 1 unspecified atom stereocenters. The fourth-order valence-corrected chi connectivity index (χ4v) is 2.45. The highest BCUT2D eigenvalue weighted by atomic mass is 35.5. The smallest absolute Gasteiger partial charge is 0.202 e. The monoisotopic (exact) mass is 213 g/mol. The van der Waals surface area contributed by atoms with Crippen molar-refractivity contribution in [2.45, 2.75) is 25.8 Å². The number of rotatable bonds is 2. The molecule has 1 aliphatic heterocycles. The van der Waals surface area contributed by atoms with Crippen LogP contribution in [0.25, 0.3) is 0 Å². The number of likely N-dealkylation sites (tertiary alicyclic amines) is 1. The maximum atomic E-state index is 6.00. The normalized spacial score (nSPS) is 23.2. The van der Waals surface area contributed by atoms with Crippen LogP contribution in [0.2, 0.25) is 5.28 Å². The van der Waals surface area contributed by atoms with Crippen LogP contribution in [0.3, 0.4) is 0 Å². The highest BCUT2D eigenvalue weighted by molar-refractivity contribution is 6.28. The first kappa shape index (κ1) is 9.99. The van der Waals surface area contributed by atoms with Gasteiger partial charge in [-0.05, 0) is 38.5 Å². The van der Waals surface area contributed by atoms with Gasteiger partial charge < -0.3 is 9.47 Å². The molecular formula is C10H16ClN3. The lowest BCUT2D eigenvalue weighted by atomic mass is 10.1. The summed E-state index contributed by atoms with van der Waals surface area (Å²) in [7, 11) is 2.16. The number of nitrogens with zero attached hydrogens (tertiary/aromatic N) is 3. The molecule has 1 aromatic heterocycles. The van der Waals surface area contributed by atoms with Gasteiger partial charge in [-0.1, -0.05) is 0 Å². The van der Waals surface area contributed by atoms with E-state index in [9.17, 15) is 0 Å². The van der Waals surface area contributed by atoms with Crippen LogP contribution < -0.4 is 0 Å².